The second kappa shape index (κ2) is 4.99. The first-order valence-corrected chi connectivity index (χ1v) is 5.00. The van der Waals surface area contributed by atoms with Crippen LogP contribution in [0.4, 0.5) is 0 Å². The van der Waals surface area contributed by atoms with Crippen LogP contribution >= 0.6 is 24.0 Å². The standard InChI is InChI=1S/C7H5NS.C2H4OS/c1-2-4-7-6(3-1)8-5-9-7;1-2(3)4/h1-5H;1H3,(H,3,4). The molecular formula is C9H9NOS2. The minimum Gasteiger partial charge on any atom is -0.288 e. The molecule has 4 heteroatoms. The van der Waals surface area contributed by atoms with Gasteiger partial charge >= 0.3 is 0 Å². The summed E-state index contributed by atoms with van der Waals surface area (Å²) in [4.78, 5) is 13.4. The van der Waals surface area contributed by atoms with Crippen molar-refractivity contribution < 1.29 is 4.79 Å². The Morgan fingerprint density at radius 2 is 2.08 bits per heavy atom. The quantitative estimate of drug-likeness (QED) is 0.679. The van der Waals surface area contributed by atoms with Crippen molar-refractivity contribution in [2.45, 2.75) is 6.92 Å². The van der Waals surface area contributed by atoms with Gasteiger partial charge in [0.05, 0.1) is 15.7 Å². The lowest BCUT2D eigenvalue weighted by molar-refractivity contribution is -0.108. The van der Waals surface area contributed by atoms with Gasteiger partial charge in [-0.1, -0.05) is 12.1 Å². The Hall–Kier alpha value is -0.870. The molecule has 0 spiro atoms. The van der Waals surface area contributed by atoms with E-state index in [1.807, 2.05) is 23.7 Å². The number of carbonyl (C=O) groups is 1. The molecule has 0 bridgehead atoms. The molecule has 2 rings (SSSR count). The Balaban J connectivity index is 0.000000184. The Morgan fingerprint density at radius 1 is 1.46 bits per heavy atom. The fraction of sp³-hybridized carbons (Fsp3) is 0.111. The van der Waals surface area contributed by atoms with Gasteiger partial charge in [-0.15, -0.1) is 24.0 Å². The van der Waals surface area contributed by atoms with E-state index in [2.05, 4.69) is 23.7 Å². The van der Waals surface area contributed by atoms with E-state index in [1.54, 1.807) is 11.3 Å². The minimum absolute atomic E-state index is 0.139. The zero-order chi connectivity index (χ0) is 9.68. The molecule has 0 aliphatic heterocycles. The highest BCUT2D eigenvalue weighted by Gasteiger charge is 1.89. The average Bonchev–Trinajstić information content (AvgIpc) is 2.49. The predicted molar refractivity (Wildman–Crippen MR) is 59.3 cm³/mol. The maximum Gasteiger partial charge on any atom is 0.182 e. The van der Waals surface area contributed by atoms with Crippen LogP contribution in [0.15, 0.2) is 29.8 Å². The van der Waals surface area contributed by atoms with Gasteiger partial charge in [0.2, 0.25) is 0 Å². The first-order valence-electron chi connectivity index (χ1n) is 3.68. The van der Waals surface area contributed by atoms with Gasteiger partial charge in [0.1, 0.15) is 0 Å². The molecular weight excluding hydrogens is 202 g/mol. The van der Waals surface area contributed by atoms with Crippen LogP contribution < -0.4 is 0 Å². The molecule has 13 heavy (non-hydrogen) atoms. The lowest BCUT2D eigenvalue weighted by atomic mass is 10.3. The fourth-order valence-corrected chi connectivity index (χ4v) is 1.48. The number of hydrogen-bond acceptors (Lipinski definition) is 3. The zero-order valence-electron chi connectivity index (χ0n) is 7.10. The number of aromatic nitrogens is 1. The van der Waals surface area contributed by atoms with Crippen LogP contribution in [0.1, 0.15) is 6.92 Å². The molecule has 0 unspecified atom stereocenters. The summed E-state index contributed by atoms with van der Waals surface area (Å²) in [5, 5.41) is -0.139. The van der Waals surface area contributed by atoms with E-state index < -0.39 is 0 Å². The van der Waals surface area contributed by atoms with Gasteiger partial charge in [-0.05, 0) is 12.1 Å². The molecule has 0 N–H and O–H groups in total. The van der Waals surface area contributed by atoms with Crippen molar-refractivity contribution in [3.63, 3.8) is 0 Å². The van der Waals surface area contributed by atoms with E-state index in [0.29, 0.717) is 0 Å². The molecule has 0 saturated carbocycles. The summed E-state index contributed by atoms with van der Waals surface area (Å²) < 4.78 is 1.26. The zero-order valence-corrected chi connectivity index (χ0v) is 8.81. The summed E-state index contributed by atoms with van der Waals surface area (Å²) in [7, 11) is 0. The van der Waals surface area contributed by atoms with Crippen molar-refractivity contribution in [3.8, 4) is 0 Å². The Labute approximate surface area is 86.0 Å². The maximum absolute atomic E-state index is 9.31. The van der Waals surface area contributed by atoms with Crippen LogP contribution in [0.3, 0.4) is 0 Å². The number of thiol groups is 1. The molecule has 1 heterocycles. The van der Waals surface area contributed by atoms with Crippen molar-refractivity contribution in [2.75, 3.05) is 0 Å². The molecule has 0 amide bonds. The number of hydrogen-bond donors (Lipinski definition) is 1. The first-order chi connectivity index (χ1) is 6.20. The summed E-state index contributed by atoms with van der Waals surface area (Å²) in [6, 6.07) is 8.13. The van der Waals surface area contributed by atoms with E-state index in [9.17, 15) is 4.79 Å². The highest BCUT2D eigenvalue weighted by Crippen LogP contribution is 2.15. The van der Waals surface area contributed by atoms with Crippen LogP contribution in [-0.4, -0.2) is 10.1 Å². The van der Waals surface area contributed by atoms with Crippen molar-refractivity contribution in [2.24, 2.45) is 0 Å². The molecule has 0 radical (unpaired) electrons. The van der Waals surface area contributed by atoms with Crippen LogP contribution in [0, 0.1) is 0 Å². The molecule has 0 fully saturated rings. The Bertz CT molecular complexity index is 363. The van der Waals surface area contributed by atoms with E-state index >= 15 is 0 Å². The Morgan fingerprint density at radius 3 is 2.69 bits per heavy atom. The van der Waals surface area contributed by atoms with Crippen molar-refractivity contribution in [1.29, 1.82) is 0 Å². The van der Waals surface area contributed by atoms with E-state index in [1.165, 1.54) is 11.6 Å². The molecule has 0 saturated heterocycles. The number of fused-ring (bicyclic) bond motifs is 1. The van der Waals surface area contributed by atoms with Crippen LogP contribution in [0.5, 0.6) is 0 Å². The molecule has 1 aromatic heterocycles. The maximum atomic E-state index is 9.31. The summed E-state index contributed by atoms with van der Waals surface area (Å²) in [5.74, 6) is 0. The number of thiazole rings is 1. The topological polar surface area (TPSA) is 30.0 Å². The van der Waals surface area contributed by atoms with Crippen molar-refractivity contribution in [3.05, 3.63) is 29.8 Å². The van der Waals surface area contributed by atoms with Gasteiger partial charge in [-0.3, -0.25) is 4.79 Å². The lowest BCUT2D eigenvalue weighted by Gasteiger charge is -1.80. The number of nitrogens with zero attached hydrogens (tertiary/aromatic N) is 1. The van der Waals surface area contributed by atoms with E-state index in [4.69, 9.17) is 0 Å². The van der Waals surface area contributed by atoms with Crippen molar-refractivity contribution >= 4 is 39.3 Å². The highest BCUT2D eigenvalue weighted by atomic mass is 32.1. The second-order valence-corrected chi connectivity index (χ2v) is 3.86. The van der Waals surface area contributed by atoms with E-state index in [-0.39, 0.29) is 5.12 Å². The Kier molecular flexibility index (Phi) is 3.92. The van der Waals surface area contributed by atoms with Gasteiger partial charge in [0, 0.05) is 6.92 Å². The summed E-state index contributed by atoms with van der Waals surface area (Å²) in [6.07, 6.45) is 0. The number of carbonyl (C=O) groups excluding carboxylic acids is 1. The molecule has 68 valence electrons. The van der Waals surface area contributed by atoms with Crippen LogP contribution in [0.25, 0.3) is 10.2 Å². The largest absolute Gasteiger partial charge is 0.288 e. The smallest absolute Gasteiger partial charge is 0.182 e. The molecule has 0 aliphatic rings. The molecule has 2 nitrogen and oxygen atoms in total. The average molecular weight is 211 g/mol. The summed E-state index contributed by atoms with van der Waals surface area (Å²) in [6.45, 7) is 1.39. The fourth-order valence-electron chi connectivity index (χ4n) is 0.803. The van der Waals surface area contributed by atoms with Crippen LogP contribution in [-0.2, 0) is 4.79 Å². The molecule has 0 atom stereocenters. The summed E-state index contributed by atoms with van der Waals surface area (Å²) in [5.41, 5.74) is 2.97. The van der Waals surface area contributed by atoms with Crippen LogP contribution in [0.2, 0.25) is 0 Å². The van der Waals surface area contributed by atoms with Gasteiger partial charge in [0.25, 0.3) is 0 Å². The summed E-state index contributed by atoms with van der Waals surface area (Å²) >= 11 is 5.00. The number of benzene rings is 1. The third-order valence-electron chi connectivity index (χ3n) is 1.24. The highest BCUT2D eigenvalue weighted by molar-refractivity contribution is 7.96. The molecule has 1 aromatic carbocycles. The SMILES string of the molecule is CC(=O)S.c1ccc2scnc2c1. The third-order valence-corrected chi connectivity index (χ3v) is 2.05. The third kappa shape index (κ3) is 3.57. The van der Waals surface area contributed by atoms with Gasteiger partial charge in [-0.2, -0.15) is 0 Å². The monoisotopic (exact) mass is 211 g/mol. The van der Waals surface area contributed by atoms with E-state index in [0.717, 1.165) is 5.52 Å². The predicted octanol–water partition coefficient (Wildman–Crippen LogP) is 2.76. The first kappa shape index (κ1) is 10.2. The van der Waals surface area contributed by atoms with Gasteiger partial charge in [0.15, 0.2) is 5.12 Å². The van der Waals surface area contributed by atoms with Crippen molar-refractivity contribution in [1.82, 2.24) is 4.98 Å². The molecule has 2 aromatic rings. The number of para-hydroxylation sites is 1. The minimum atomic E-state index is -0.139. The molecule has 0 aliphatic carbocycles. The van der Waals surface area contributed by atoms with Gasteiger partial charge in [-0.25, -0.2) is 4.98 Å². The van der Waals surface area contributed by atoms with Gasteiger partial charge < -0.3 is 0 Å². The normalized spacial score (nSPS) is 9.08. The second-order valence-electron chi connectivity index (χ2n) is 2.34. The number of rotatable bonds is 0. The lowest BCUT2D eigenvalue weighted by Crippen LogP contribution is -1.62.